The van der Waals surface area contributed by atoms with Crippen molar-refractivity contribution >= 4 is 59.3 Å². The van der Waals surface area contributed by atoms with E-state index in [2.05, 4.69) is 46.5 Å². The third-order valence-electron chi connectivity index (χ3n) is 2.30. The zero-order valence-corrected chi connectivity index (χ0v) is 14.8. The fraction of sp³-hybridized carbons (Fsp3) is 0. The number of nitrogens with zero attached hydrogens (tertiary/aromatic N) is 3. The highest BCUT2D eigenvalue weighted by Gasteiger charge is 2.18. The van der Waals surface area contributed by atoms with Crippen LogP contribution in [-0.4, -0.2) is 18.4 Å². The molecule has 0 saturated heterocycles. The molecule has 0 aliphatic carbocycles. The fourth-order valence-corrected chi connectivity index (χ4v) is 3.73. The number of aromatic nitrogens is 2. The van der Waals surface area contributed by atoms with Gasteiger partial charge in [0.2, 0.25) is 0 Å². The first kappa shape index (κ1) is 16.2. The quantitative estimate of drug-likeness (QED) is 0.771. The Kier molecular flexibility index (Phi) is 4.83. The molecule has 0 saturated carbocycles. The van der Waals surface area contributed by atoms with Crippen molar-refractivity contribution in [1.29, 1.82) is 5.26 Å². The highest BCUT2D eigenvalue weighted by molar-refractivity contribution is 9.11. The molecule has 0 atom stereocenters. The van der Waals surface area contributed by atoms with Gasteiger partial charge in [-0.25, -0.2) is 18.4 Å². The van der Waals surface area contributed by atoms with E-state index in [1.165, 1.54) is 24.4 Å². The summed E-state index contributed by atoms with van der Waals surface area (Å²) in [5.74, 6) is 0.0404. The fourth-order valence-electron chi connectivity index (χ4n) is 1.35. The molecule has 1 aromatic carbocycles. The lowest BCUT2D eigenvalue weighted by Crippen LogP contribution is -2.14. The van der Waals surface area contributed by atoms with E-state index in [-0.39, 0.29) is 25.9 Å². The van der Waals surface area contributed by atoms with E-state index < -0.39 is 10.0 Å². The summed E-state index contributed by atoms with van der Waals surface area (Å²) in [5.41, 5.74) is 0.195. The monoisotopic (exact) mass is 450 g/mol. The Balaban J connectivity index is 2.39. The van der Waals surface area contributed by atoms with E-state index in [0.29, 0.717) is 4.60 Å². The van der Waals surface area contributed by atoms with Crippen LogP contribution in [0.2, 0.25) is 5.02 Å². The summed E-state index contributed by atoms with van der Waals surface area (Å²) in [6, 6.07) is 5.67. The summed E-state index contributed by atoms with van der Waals surface area (Å²) in [7, 11) is -3.89. The van der Waals surface area contributed by atoms with E-state index in [9.17, 15) is 8.42 Å². The van der Waals surface area contributed by atoms with Crippen molar-refractivity contribution in [2.24, 2.45) is 0 Å². The first-order chi connectivity index (χ1) is 9.83. The van der Waals surface area contributed by atoms with Crippen molar-refractivity contribution in [3.05, 3.63) is 44.2 Å². The van der Waals surface area contributed by atoms with Crippen molar-refractivity contribution in [2.45, 2.75) is 4.90 Å². The van der Waals surface area contributed by atoms with Gasteiger partial charge in [-0.1, -0.05) is 11.6 Å². The highest BCUT2D eigenvalue weighted by atomic mass is 79.9. The standard InChI is InChI=1S/C11H5Br2ClN4O2S/c12-9-5-16-11(10(13)17-9)18-21(19,20)7-2-1-6(4-15)8(14)3-7/h1-3,5H,(H,16,18). The minimum absolute atomic E-state index is 0.0404. The van der Waals surface area contributed by atoms with E-state index in [1.54, 1.807) is 0 Å². The minimum atomic E-state index is -3.89. The molecule has 1 aromatic heterocycles. The number of halogens is 3. The normalized spacial score (nSPS) is 11.0. The Morgan fingerprint density at radius 3 is 2.62 bits per heavy atom. The molecule has 1 heterocycles. The van der Waals surface area contributed by atoms with E-state index in [0.717, 1.165) is 0 Å². The molecule has 0 amide bonds. The molecular weight excluding hydrogens is 447 g/mol. The Hall–Kier alpha value is -1.21. The second-order valence-corrected chi connectivity index (χ2v) is 7.34. The summed E-state index contributed by atoms with van der Waals surface area (Å²) < 4.78 is 27.5. The van der Waals surface area contributed by atoms with Gasteiger partial charge in [-0.3, -0.25) is 4.72 Å². The Morgan fingerprint density at radius 2 is 2.05 bits per heavy atom. The number of sulfonamides is 1. The SMILES string of the molecule is N#Cc1ccc(S(=O)(=O)Nc2ncc(Br)nc2Br)cc1Cl. The molecular formula is C11H5Br2ClN4O2S. The number of hydrogen-bond acceptors (Lipinski definition) is 5. The summed E-state index contributed by atoms with van der Waals surface area (Å²) in [6.45, 7) is 0. The number of nitrogens with one attached hydrogen (secondary N) is 1. The Bertz CT molecular complexity index is 852. The van der Waals surface area contributed by atoms with Crippen molar-refractivity contribution in [3.8, 4) is 6.07 Å². The van der Waals surface area contributed by atoms with Crippen LogP contribution in [0.4, 0.5) is 5.82 Å². The summed E-state index contributed by atoms with van der Waals surface area (Å²) in [6.07, 6.45) is 1.36. The van der Waals surface area contributed by atoms with E-state index >= 15 is 0 Å². The lowest BCUT2D eigenvalue weighted by atomic mass is 10.2. The average molecular weight is 453 g/mol. The smallest absolute Gasteiger partial charge is 0.261 e. The van der Waals surface area contributed by atoms with Crippen LogP contribution < -0.4 is 4.72 Å². The molecule has 0 unspecified atom stereocenters. The molecule has 2 rings (SSSR count). The maximum absolute atomic E-state index is 12.2. The van der Waals surface area contributed by atoms with E-state index in [4.69, 9.17) is 16.9 Å². The zero-order chi connectivity index (χ0) is 15.6. The molecule has 21 heavy (non-hydrogen) atoms. The maximum Gasteiger partial charge on any atom is 0.263 e. The second-order valence-electron chi connectivity index (χ2n) is 3.69. The average Bonchev–Trinajstić information content (AvgIpc) is 2.42. The van der Waals surface area contributed by atoms with Crippen LogP contribution in [0, 0.1) is 11.3 Å². The highest BCUT2D eigenvalue weighted by Crippen LogP contribution is 2.25. The van der Waals surface area contributed by atoms with Gasteiger partial charge in [-0.2, -0.15) is 5.26 Å². The molecule has 0 radical (unpaired) electrons. The maximum atomic E-state index is 12.2. The van der Waals surface area contributed by atoms with Crippen molar-refractivity contribution < 1.29 is 8.42 Å². The van der Waals surface area contributed by atoms with Crippen LogP contribution in [-0.2, 0) is 10.0 Å². The number of benzene rings is 1. The van der Waals surface area contributed by atoms with Crippen LogP contribution in [0.3, 0.4) is 0 Å². The molecule has 0 spiro atoms. The molecule has 0 fully saturated rings. The van der Waals surface area contributed by atoms with Gasteiger partial charge in [0.15, 0.2) is 10.4 Å². The number of hydrogen-bond donors (Lipinski definition) is 1. The number of anilines is 1. The van der Waals surface area contributed by atoms with Gasteiger partial charge in [0.05, 0.1) is 21.7 Å². The van der Waals surface area contributed by atoms with Gasteiger partial charge >= 0.3 is 0 Å². The number of nitriles is 1. The number of rotatable bonds is 3. The topological polar surface area (TPSA) is 95.7 Å². The van der Waals surface area contributed by atoms with Crippen LogP contribution in [0.25, 0.3) is 0 Å². The molecule has 1 N–H and O–H groups in total. The molecule has 0 aliphatic rings. The van der Waals surface area contributed by atoms with Gasteiger partial charge in [-0.05, 0) is 50.1 Å². The summed E-state index contributed by atoms with van der Waals surface area (Å²) >= 11 is 12.1. The molecule has 0 bridgehead atoms. The first-order valence-corrected chi connectivity index (χ1v) is 8.68. The lowest BCUT2D eigenvalue weighted by Gasteiger charge is -2.09. The Labute approximate surface area is 142 Å². The van der Waals surface area contributed by atoms with E-state index in [1.807, 2.05) is 6.07 Å². The summed E-state index contributed by atoms with van der Waals surface area (Å²) in [5, 5.41) is 8.84. The van der Waals surface area contributed by atoms with Gasteiger partial charge in [0.25, 0.3) is 10.0 Å². The van der Waals surface area contributed by atoms with Gasteiger partial charge in [-0.15, -0.1) is 0 Å². The van der Waals surface area contributed by atoms with Crippen molar-refractivity contribution in [1.82, 2.24) is 9.97 Å². The van der Waals surface area contributed by atoms with Gasteiger partial charge in [0, 0.05) is 0 Å². The van der Waals surface area contributed by atoms with Crippen molar-refractivity contribution in [2.75, 3.05) is 4.72 Å². The molecule has 0 aliphatic heterocycles. The van der Waals surface area contributed by atoms with Crippen molar-refractivity contribution in [3.63, 3.8) is 0 Å². The second kappa shape index (κ2) is 6.27. The van der Waals surface area contributed by atoms with Crippen LogP contribution in [0.5, 0.6) is 0 Å². The first-order valence-electron chi connectivity index (χ1n) is 5.24. The van der Waals surface area contributed by atoms with Crippen LogP contribution in [0.15, 0.2) is 38.5 Å². The third kappa shape index (κ3) is 3.71. The lowest BCUT2D eigenvalue weighted by molar-refractivity contribution is 0.601. The van der Waals surface area contributed by atoms with Gasteiger partial charge in [0.1, 0.15) is 10.7 Å². The molecule has 108 valence electrons. The Morgan fingerprint density at radius 1 is 1.33 bits per heavy atom. The zero-order valence-electron chi connectivity index (χ0n) is 10.0. The largest absolute Gasteiger partial charge is 0.263 e. The predicted molar refractivity (Wildman–Crippen MR) is 84.4 cm³/mol. The van der Waals surface area contributed by atoms with Gasteiger partial charge < -0.3 is 0 Å². The van der Waals surface area contributed by atoms with Crippen LogP contribution >= 0.6 is 43.5 Å². The van der Waals surface area contributed by atoms with Crippen LogP contribution in [0.1, 0.15) is 5.56 Å². The minimum Gasteiger partial charge on any atom is -0.261 e. The third-order valence-corrected chi connectivity index (χ3v) is 4.89. The molecule has 2 aromatic rings. The predicted octanol–water partition coefficient (Wildman–Crippen LogP) is 3.33. The molecule has 6 nitrogen and oxygen atoms in total. The summed E-state index contributed by atoms with van der Waals surface area (Å²) in [4.78, 5) is 7.80. The molecule has 10 heteroatoms.